The Bertz CT molecular complexity index is 1080. The lowest BCUT2D eigenvalue weighted by atomic mass is 9.95. The molecular weight excluding hydrogens is 436 g/mol. The van der Waals surface area contributed by atoms with Gasteiger partial charge in [0.25, 0.3) is 0 Å². The summed E-state index contributed by atoms with van der Waals surface area (Å²) < 4.78 is 0. The third kappa shape index (κ3) is 4.78. The van der Waals surface area contributed by atoms with Crippen LogP contribution in [0.15, 0.2) is 60.9 Å². The minimum Gasteiger partial charge on any atom is -0.367 e. The zero-order chi connectivity index (χ0) is 22.6. The van der Waals surface area contributed by atoms with E-state index < -0.39 is 0 Å². The summed E-state index contributed by atoms with van der Waals surface area (Å²) in [4.78, 5) is 23.7. The quantitative estimate of drug-likeness (QED) is 0.588. The first-order chi connectivity index (χ1) is 16.2. The zero-order valence-electron chi connectivity index (χ0n) is 18.5. The Balaban J connectivity index is 1.13. The number of benzene rings is 1. The van der Waals surface area contributed by atoms with Gasteiger partial charge in [0.2, 0.25) is 5.91 Å². The lowest BCUT2D eigenvalue weighted by molar-refractivity contribution is -0.136. The van der Waals surface area contributed by atoms with Crippen molar-refractivity contribution in [3.05, 3.63) is 65.9 Å². The van der Waals surface area contributed by atoms with Crippen LogP contribution in [-0.4, -0.2) is 65.3 Å². The number of anilines is 2. The summed E-state index contributed by atoms with van der Waals surface area (Å²) in [5.41, 5.74) is 2.89. The van der Waals surface area contributed by atoms with Gasteiger partial charge in [-0.2, -0.15) is 0 Å². The monoisotopic (exact) mass is 462 g/mol. The van der Waals surface area contributed by atoms with Gasteiger partial charge in [-0.05, 0) is 49.2 Å². The Labute approximate surface area is 199 Å². The maximum atomic E-state index is 13.1. The van der Waals surface area contributed by atoms with Crippen LogP contribution in [0.4, 0.5) is 11.5 Å². The number of para-hydroxylation sites is 1. The molecule has 2 aromatic heterocycles. The van der Waals surface area contributed by atoms with Crippen LogP contribution in [-0.2, 0) is 4.79 Å². The predicted molar refractivity (Wildman–Crippen MR) is 130 cm³/mol. The van der Waals surface area contributed by atoms with E-state index in [1.54, 1.807) is 12.4 Å². The lowest BCUT2D eigenvalue weighted by Gasteiger charge is -2.39. The van der Waals surface area contributed by atoms with E-state index in [2.05, 4.69) is 25.0 Å². The van der Waals surface area contributed by atoms with Gasteiger partial charge in [0.1, 0.15) is 0 Å². The first kappa shape index (κ1) is 21.6. The first-order valence-corrected chi connectivity index (χ1v) is 11.8. The number of piperazine rings is 1. The van der Waals surface area contributed by atoms with Crippen molar-refractivity contribution in [2.24, 2.45) is 5.92 Å². The second-order valence-corrected chi connectivity index (χ2v) is 8.94. The fourth-order valence-corrected chi connectivity index (χ4v) is 4.92. The number of carbonyl (C=O) groups is 1. The van der Waals surface area contributed by atoms with Crippen molar-refractivity contribution in [1.29, 1.82) is 0 Å². The van der Waals surface area contributed by atoms with Crippen molar-refractivity contribution in [2.75, 3.05) is 49.1 Å². The molecule has 0 radical (unpaired) electrons. The van der Waals surface area contributed by atoms with Crippen LogP contribution in [0.2, 0.25) is 5.02 Å². The van der Waals surface area contributed by atoms with Crippen LogP contribution >= 0.6 is 11.6 Å². The molecule has 7 nitrogen and oxygen atoms in total. The van der Waals surface area contributed by atoms with Gasteiger partial charge >= 0.3 is 0 Å². The molecule has 2 saturated heterocycles. The SMILES string of the molecule is O=C(C1CCN(c2ccc(-c3ccncc3)nn2)CC1)N1CCN(c2ccccc2Cl)CC1. The second-order valence-electron chi connectivity index (χ2n) is 8.54. The largest absolute Gasteiger partial charge is 0.367 e. The smallest absolute Gasteiger partial charge is 0.225 e. The van der Waals surface area contributed by atoms with Crippen LogP contribution < -0.4 is 9.80 Å². The molecule has 170 valence electrons. The molecule has 0 unspecified atom stereocenters. The number of carbonyl (C=O) groups excluding carboxylic acids is 1. The minimum absolute atomic E-state index is 0.0807. The molecule has 5 rings (SSSR count). The molecule has 0 bridgehead atoms. The number of aromatic nitrogens is 3. The molecule has 2 aliphatic heterocycles. The maximum Gasteiger partial charge on any atom is 0.225 e. The van der Waals surface area contributed by atoms with Gasteiger partial charge in [-0.15, -0.1) is 10.2 Å². The number of hydrogen-bond acceptors (Lipinski definition) is 6. The van der Waals surface area contributed by atoms with Crippen molar-refractivity contribution in [3.63, 3.8) is 0 Å². The summed E-state index contributed by atoms with van der Waals surface area (Å²) in [7, 11) is 0. The van der Waals surface area contributed by atoms with Crippen LogP contribution in [0.5, 0.6) is 0 Å². The van der Waals surface area contributed by atoms with Gasteiger partial charge < -0.3 is 14.7 Å². The van der Waals surface area contributed by atoms with Gasteiger partial charge in [-0.1, -0.05) is 23.7 Å². The van der Waals surface area contributed by atoms with E-state index >= 15 is 0 Å². The van der Waals surface area contributed by atoms with E-state index in [-0.39, 0.29) is 11.8 Å². The highest BCUT2D eigenvalue weighted by Crippen LogP contribution is 2.28. The number of rotatable bonds is 4. The maximum absolute atomic E-state index is 13.1. The Kier molecular flexibility index (Phi) is 6.39. The van der Waals surface area contributed by atoms with Crippen molar-refractivity contribution in [3.8, 4) is 11.3 Å². The van der Waals surface area contributed by atoms with E-state index in [4.69, 9.17) is 11.6 Å². The van der Waals surface area contributed by atoms with Crippen LogP contribution in [0, 0.1) is 5.92 Å². The topological polar surface area (TPSA) is 65.5 Å². The van der Waals surface area contributed by atoms with Crippen molar-refractivity contribution >= 4 is 29.0 Å². The Hall–Kier alpha value is -3.19. The molecule has 1 amide bonds. The Morgan fingerprint density at radius 1 is 0.818 bits per heavy atom. The molecule has 3 aromatic rings. The van der Waals surface area contributed by atoms with Crippen molar-refractivity contribution in [2.45, 2.75) is 12.8 Å². The molecule has 1 aromatic carbocycles. The number of nitrogens with zero attached hydrogens (tertiary/aromatic N) is 6. The van der Waals surface area contributed by atoms with E-state index in [1.165, 1.54) is 0 Å². The standard InChI is InChI=1S/C25H27ClN6O/c26-21-3-1-2-4-23(21)30-15-17-32(18-16-30)25(33)20-9-13-31(14-10-20)24-6-5-22(28-29-24)19-7-11-27-12-8-19/h1-8,11-12,20H,9-10,13-18H2. The molecule has 0 spiro atoms. The summed E-state index contributed by atoms with van der Waals surface area (Å²) in [5, 5.41) is 9.57. The van der Waals surface area contributed by atoms with Gasteiger partial charge in [0.05, 0.1) is 16.4 Å². The highest BCUT2D eigenvalue weighted by atomic mass is 35.5. The third-order valence-electron chi connectivity index (χ3n) is 6.58. The average Bonchev–Trinajstić information content (AvgIpc) is 2.89. The Morgan fingerprint density at radius 3 is 2.21 bits per heavy atom. The van der Waals surface area contributed by atoms with Gasteiger partial charge in [-0.25, -0.2) is 0 Å². The van der Waals surface area contributed by atoms with Gasteiger partial charge in [0.15, 0.2) is 5.82 Å². The summed E-state index contributed by atoms with van der Waals surface area (Å²) in [6.45, 7) is 4.75. The van der Waals surface area contributed by atoms with Crippen LogP contribution in [0.1, 0.15) is 12.8 Å². The second kappa shape index (κ2) is 9.75. The molecule has 0 atom stereocenters. The lowest BCUT2D eigenvalue weighted by Crippen LogP contribution is -2.51. The van der Waals surface area contributed by atoms with Crippen molar-refractivity contribution < 1.29 is 4.79 Å². The van der Waals surface area contributed by atoms with E-state index in [0.717, 1.165) is 79.9 Å². The van der Waals surface area contributed by atoms with Crippen LogP contribution in [0.25, 0.3) is 11.3 Å². The normalized spacial score (nSPS) is 17.3. The molecule has 0 N–H and O–H groups in total. The summed E-state index contributed by atoms with van der Waals surface area (Å²) in [5.74, 6) is 1.23. The number of amides is 1. The minimum atomic E-state index is 0.0807. The average molecular weight is 463 g/mol. The first-order valence-electron chi connectivity index (χ1n) is 11.5. The molecule has 2 fully saturated rings. The fourth-order valence-electron chi connectivity index (χ4n) is 4.66. The molecule has 2 aliphatic rings. The highest BCUT2D eigenvalue weighted by Gasteiger charge is 2.31. The number of piperidine rings is 1. The number of halogens is 1. The predicted octanol–water partition coefficient (Wildman–Crippen LogP) is 3.76. The van der Waals surface area contributed by atoms with Crippen LogP contribution in [0.3, 0.4) is 0 Å². The molecule has 8 heteroatoms. The summed E-state index contributed by atoms with van der Waals surface area (Å²) in [6.07, 6.45) is 5.20. The highest BCUT2D eigenvalue weighted by molar-refractivity contribution is 6.33. The molecule has 4 heterocycles. The van der Waals surface area contributed by atoms with Crippen molar-refractivity contribution in [1.82, 2.24) is 20.1 Å². The number of pyridine rings is 1. The van der Waals surface area contributed by atoms with E-state index in [9.17, 15) is 4.79 Å². The number of hydrogen-bond donors (Lipinski definition) is 0. The van der Waals surface area contributed by atoms with Gasteiger partial charge in [0, 0.05) is 63.1 Å². The fraction of sp³-hybridized carbons (Fsp3) is 0.360. The van der Waals surface area contributed by atoms with E-state index in [0.29, 0.717) is 0 Å². The van der Waals surface area contributed by atoms with Gasteiger partial charge in [-0.3, -0.25) is 9.78 Å². The molecule has 0 saturated carbocycles. The summed E-state index contributed by atoms with van der Waals surface area (Å²) in [6, 6.07) is 15.8. The molecule has 0 aliphatic carbocycles. The van der Waals surface area contributed by atoms with E-state index in [1.807, 2.05) is 53.4 Å². The molecule has 33 heavy (non-hydrogen) atoms. The molecular formula is C25H27ClN6O. The third-order valence-corrected chi connectivity index (χ3v) is 6.90. The Morgan fingerprint density at radius 2 is 1.55 bits per heavy atom. The zero-order valence-corrected chi connectivity index (χ0v) is 19.2. The summed E-state index contributed by atoms with van der Waals surface area (Å²) >= 11 is 6.34.